The third kappa shape index (κ3) is 7.55. The van der Waals surface area contributed by atoms with Crippen LogP contribution in [0.25, 0.3) is 0 Å². The number of halogens is 3. The minimum Gasteiger partial charge on any atom is -0.434 e. The maximum absolute atomic E-state index is 14.4. The Kier molecular flexibility index (Phi) is 9.88. The summed E-state index contributed by atoms with van der Waals surface area (Å²) in [6.07, 6.45) is 8.07. The first-order chi connectivity index (χ1) is 22.8. The second-order valence-corrected chi connectivity index (χ2v) is 14.9. The van der Waals surface area contributed by atoms with Gasteiger partial charge in [-0.1, -0.05) is 0 Å². The zero-order valence-corrected chi connectivity index (χ0v) is 28.4. The number of anilines is 1. The average molecular weight is 672 g/mol. The van der Waals surface area contributed by atoms with Crippen molar-refractivity contribution in [2.45, 2.75) is 103 Å². The Balaban J connectivity index is 1.02. The Hall–Kier alpha value is -3.48. The van der Waals surface area contributed by atoms with E-state index in [4.69, 9.17) is 4.74 Å². The van der Waals surface area contributed by atoms with Crippen molar-refractivity contribution in [2.24, 2.45) is 17.3 Å². The number of hydrogen-bond donors (Lipinski definition) is 1. The normalized spacial score (nSPS) is 23.9. The van der Waals surface area contributed by atoms with Crippen LogP contribution in [0.2, 0.25) is 0 Å². The summed E-state index contributed by atoms with van der Waals surface area (Å²) >= 11 is 0. The molecule has 2 atom stereocenters. The van der Waals surface area contributed by atoms with E-state index in [1.54, 1.807) is 4.90 Å². The number of amides is 2. The number of nitrogens with zero attached hydrogens (tertiary/aromatic N) is 6. The molecule has 3 heterocycles. The largest absolute Gasteiger partial charge is 0.434 e. The van der Waals surface area contributed by atoms with Gasteiger partial charge in [0.15, 0.2) is 5.82 Å². The summed E-state index contributed by atoms with van der Waals surface area (Å²) in [5.41, 5.74) is 0.404. The van der Waals surface area contributed by atoms with Crippen molar-refractivity contribution >= 4 is 17.6 Å². The topological polar surface area (TPSA) is 104 Å². The van der Waals surface area contributed by atoms with Gasteiger partial charge < -0.3 is 24.8 Å². The molecule has 1 N–H and O–H groups in total. The van der Waals surface area contributed by atoms with E-state index in [1.807, 2.05) is 27.7 Å². The number of carbonyl (C=O) groups is 2. The van der Waals surface area contributed by atoms with Gasteiger partial charge in [-0.3, -0.25) is 9.59 Å². The molecule has 2 aromatic rings. The molecule has 10 nitrogen and oxygen atoms in total. The molecule has 4 aliphatic rings. The van der Waals surface area contributed by atoms with E-state index in [1.165, 1.54) is 24.5 Å². The number of nitrogens with one attached hydrogen (secondary N) is 1. The van der Waals surface area contributed by atoms with Gasteiger partial charge in [0.05, 0.1) is 5.56 Å². The molecule has 2 saturated heterocycles. The molecule has 48 heavy (non-hydrogen) atoms. The van der Waals surface area contributed by atoms with Gasteiger partial charge >= 0.3 is 0 Å². The highest BCUT2D eigenvalue weighted by molar-refractivity contribution is 5.97. The monoisotopic (exact) mass is 671 g/mol. The third-order valence-electron chi connectivity index (χ3n) is 10.9. The second-order valence-electron chi connectivity index (χ2n) is 14.9. The van der Waals surface area contributed by atoms with Crippen LogP contribution in [0.5, 0.6) is 11.6 Å². The number of likely N-dealkylation sites (tertiary alicyclic amines) is 1. The molecule has 13 heteroatoms. The van der Waals surface area contributed by atoms with E-state index in [2.05, 4.69) is 30.3 Å². The number of hydrogen-bond acceptors (Lipinski definition) is 8. The molecule has 0 radical (unpaired) electrons. The lowest BCUT2D eigenvalue weighted by Crippen LogP contribution is -2.47. The number of ether oxygens (including phenoxy) is 1. The van der Waals surface area contributed by atoms with Gasteiger partial charge in [-0.2, -0.15) is 0 Å². The zero-order valence-electron chi connectivity index (χ0n) is 28.4. The molecule has 1 spiro atoms. The van der Waals surface area contributed by atoms with Gasteiger partial charge in [-0.05, 0) is 115 Å². The van der Waals surface area contributed by atoms with Crippen molar-refractivity contribution in [3.8, 4) is 11.6 Å². The zero-order chi connectivity index (χ0) is 34.2. The van der Waals surface area contributed by atoms with Crippen LogP contribution in [0, 0.1) is 23.1 Å². The Morgan fingerprint density at radius 2 is 1.73 bits per heavy atom. The van der Waals surface area contributed by atoms with E-state index in [0.29, 0.717) is 11.7 Å². The molecule has 1 aromatic carbocycles. The quantitative estimate of drug-likeness (QED) is 0.344. The second kappa shape index (κ2) is 13.8. The number of carbonyl (C=O) groups excluding carboxylic acids is 2. The maximum atomic E-state index is 14.4. The fraction of sp³-hybridized carbons (Fsp3) is 0.686. The van der Waals surface area contributed by atoms with Gasteiger partial charge in [0.25, 0.3) is 17.7 Å². The smallest absolute Gasteiger partial charge is 0.282 e. The van der Waals surface area contributed by atoms with E-state index in [0.717, 1.165) is 77.7 Å². The molecule has 2 amide bonds. The maximum Gasteiger partial charge on any atom is 0.282 e. The van der Waals surface area contributed by atoms with Crippen molar-refractivity contribution in [3.63, 3.8) is 0 Å². The van der Waals surface area contributed by atoms with Crippen LogP contribution in [0.1, 0.15) is 89.4 Å². The Morgan fingerprint density at radius 3 is 2.38 bits per heavy atom. The number of rotatable bonds is 10. The summed E-state index contributed by atoms with van der Waals surface area (Å²) in [7, 11) is 0. The van der Waals surface area contributed by atoms with E-state index < -0.39 is 23.6 Å². The standard InChI is InChI=1S/C35H48F3N7O3/c1-22(2)45(23(3)4)33(47)27-17-25(36)5-6-29(27)48-32-30(39-21-40-42-32)44-14-9-24(20-44)19-43-15-12-34(13-16-43)10-7-26(8-11-34)41-31(46)28-18-35(28,37)38/h5-6,17,21-24,26,28H,7-16,18-20H2,1-4H3,(H,41,46)/t24-,28?/m0/s1. The number of piperidine rings is 1. The first kappa shape index (κ1) is 34.4. The van der Waals surface area contributed by atoms with E-state index in [-0.39, 0.29) is 53.1 Å². The highest BCUT2D eigenvalue weighted by atomic mass is 19.3. The average Bonchev–Trinajstić information content (AvgIpc) is 3.45. The lowest BCUT2D eigenvalue weighted by molar-refractivity contribution is -0.125. The molecule has 1 unspecified atom stereocenters. The van der Waals surface area contributed by atoms with Crippen LogP contribution in [0.15, 0.2) is 24.5 Å². The highest BCUT2D eigenvalue weighted by Gasteiger charge is 2.61. The van der Waals surface area contributed by atoms with Gasteiger partial charge in [0.2, 0.25) is 5.91 Å². The summed E-state index contributed by atoms with van der Waals surface area (Å²) in [6, 6.07) is 3.76. The summed E-state index contributed by atoms with van der Waals surface area (Å²) in [4.78, 5) is 36.6. The molecule has 2 saturated carbocycles. The van der Waals surface area contributed by atoms with Crippen molar-refractivity contribution in [2.75, 3.05) is 37.6 Å². The number of benzene rings is 1. The van der Waals surface area contributed by atoms with Crippen LogP contribution in [0.3, 0.4) is 0 Å². The minimum absolute atomic E-state index is 0.0112. The molecule has 1 aromatic heterocycles. The van der Waals surface area contributed by atoms with Crippen LogP contribution in [-0.2, 0) is 4.79 Å². The lowest BCUT2D eigenvalue weighted by atomic mass is 9.67. The summed E-state index contributed by atoms with van der Waals surface area (Å²) < 4.78 is 47.1. The molecule has 4 fully saturated rings. The summed E-state index contributed by atoms with van der Waals surface area (Å²) in [6.45, 7) is 12.3. The summed E-state index contributed by atoms with van der Waals surface area (Å²) in [5, 5.41) is 11.1. The molecular formula is C35H48F3N7O3. The SMILES string of the molecule is CC(C)N(C(=O)c1cc(F)ccc1Oc1nncnc1N1CC[C@@H](CN2CCC3(CCC(NC(=O)C4CC4(F)F)CC3)CC2)C1)C(C)C. The van der Waals surface area contributed by atoms with Crippen molar-refractivity contribution in [3.05, 3.63) is 35.9 Å². The molecule has 2 aliphatic carbocycles. The highest BCUT2D eigenvalue weighted by Crippen LogP contribution is 2.49. The number of aromatic nitrogens is 3. The van der Waals surface area contributed by atoms with E-state index in [9.17, 15) is 22.8 Å². The fourth-order valence-electron chi connectivity index (χ4n) is 8.03. The van der Waals surface area contributed by atoms with Crippen LogP contribution in [-0.4, -0.2) is 93.6 Å². The van der Waals surface area contributed by atoms with Crippen LogP contribution < -0.4 is 15.0 Å². The van der Waals surface area contributed by atoms with Crippen molar-refractivity contribution in [1.29, 1.82) is 0 Å². The van der Waals surface area contributed by atoms with Gasteiger partial charge in [0.1, 0.15) is 23.8 Å². The fourth-order valence-corrected chi connectivity index (χ4v) is 8.03. The molecule has 6 rings (SSSR count). The summed E-state index contributed by atoms with van der Waals surface area (Å²) in [5.74, 6) is -3.91. The number of alkyl halides is 2. The van der Waals surface area contributed by atoms with Crippen LogP contribution in [0.4, 0.5) is 19.0 Å². The molecule has 0 bridgehead atoms. The molecular weight excluding hydrogens is 623 g/mol. The first-order valence-corrected chi connectivity index (χ1v) is 17.5. The Labute approximate surface area is 280 Å². The minimum atomic E-state index is -2.82. The Bertz CT molecular complexity index is 1470. The van der Waals surface area contributed by atoms with E-state index >= 15 is 0 Å². The lowest BCUT2D eigenvalue weighted by Gasteiger charge is -2.46. The van der Waals surface area contributed by atoms with Crippen molar-refractivity contribution in [1.82, 2.24) is 30.3 Å². The van der Waals surface area contributed by atoms with Gasteiger partial charge in [-0.15, -0.1) is 10.2 Å². The van der Waals surface area contributed by atoms with Gasteiger partial charge in [-0.25, -0.2) is 18.2 Å². The first-order valence-electron chi connectivity index (χ1n) is 17.5. The van der Waals surface area contributed by atoms with Crippen molar-refractivity contribution < 1.29 is 27.5 Å². The predicted octanol–water partition coefficient (Wildman–Crippen LogP) is 5.68. The molecule has 262 valence electrons. The Morgan fingerprint density at radius 1 is 1.04 bits per heavy atom. The molecule has 2 aliphatic heterocycles. The third-order valence-corrected chi connectivity index (χ3v) is 10.9. The van der Waals surface area contributed by atoms with Crippen LogP contribution >= 0.6 is 0 Å². The predicted molar refractivity (Wildman–Crippen MR) is 175 cm³/mol. The van der Waals surface area contributed by atoms with Gasteiger partial charge in [0, 0.05) is 44.2 Å².